The Kier molecular flexibility index (Phi) is 8.74. The molecule has 1 aliphatic heterocycles. The lowest BCUT2D eigenvalue weighted by Gasteiger charge is -2.32. The summed E-state index contributed by atoms with van der Waals surface area (Å²) in [5, 5.41) is 30.1. The zero-order valence-corrected chi connectivity index (χ0v) is 28.2. The van der Waals surface area contributed by atoms with Crippen molar-refractivity contribution in [1.82, 2.24) is 29.7 Å². The average molecular weight is 669 g/mol. The highest BCUT2D eigenvalue weighted by Crippen LogP contribution is 2.39. The van der Waals surface area contributed by atoms with Gasteiger partial charge in [0.2, 0.25) is 5.95 Å². The zero-order chi connectivity index (χ0) is 33.4. The summed E-state index contributed by atoms with van der Waals surface area (Å²) in [4.78, 5) is 15.9. The summed E-state index contributed by atoms with van der Waals surface area (Å²) >= 11 is 6.36. The van der Waals surface area contributed by atoms with E-state index in [2.05, 4.69) is 58.6 Å². The number of aromatic nitrogens is 5. The van der Waals surface area contributed by atoms with Gasteiger partial charge in [0.1, 0.15) is 17.7 Å². The maximum absolute atomic E-state index is 13.6. The van der Waals surface area contributed by atoms with Crippen molar-refractivity contribution in [2.24, 2.45) is 0 Å². The number of aliphatic hydroxyl groups is 1. The molecule has 0 bridgehead atoms. The number of fused-ring (bicyclic) bond motifs is 2. The highest BCUT2D eigenvalue weighted by atomic mass is 35.5. The Hall–Kier alpha value is -4.61. The molecule has 3 aromatic heterocycles. The zero-order valence-electron chi connectivity index (χ0n) is 27.5. The molecule has 2 aliphatic rings. The molecule has 4 heterocycles. The molecule has 1 aliphatic carbocycles. The number of benzene rings is 2. The third kappa shape index (κ3) is 6.57. The highest BCUT2D eigenvalue weighted by Gasteiger charge is 2.30. The molecule has 7 rings (SSSR count). The molecule has 2 amide bonds. The van der Waals surface area contributed by atoms with Crippen LogP contribution in [-0.4, -0.2) is 48.6 Å². The Bertz CT molecular complexity index is 1940. The first-order valence-electron chi connectivity index (χ1n) is 16.6. The molecule has 2 atom stereocenters. The predicted molar refractivity (Wildman–Crippen MR) is 186 cm³/mol. The molecule has 48 heavy (non-hydrogen) atoms. The molecule has 11 nitrogen and oxygen atoms in total. The number of nitrogens with one attached hydrogen (secondary N) is 2. The maximum atomic E-state index is 13.6. The van der Waals surface area contributed by atoms with Gasteiger partial charge >= 0.3 is 6.03 Å². The molecule has 1 saturated heterocycles. The minimum Gasteiger partial charge on any atom is -0.484 e. The Morgan fingerprint density at radius 2 is 1.79 bits per heavy atom. The number of urea groups is 1. The first kappa shape index (κ1) is 32.0. The molecule has 3 N–H and O–H groups in total. The lowest BCUT2D eigenvalue weighted by atomic mass is 9.85. The van der Waals surface area contributed by atoms with Crippen LogP contribution in [0.25, 0.3) is 11.3 Å². The number of hydrogen-bond donors (Lipinski definition) is 3. The molecule has 0 radical (unpaired) electrons. The van der Waals surface area contributed by atoms with Crippen LogP contribution in [0.4, 0.5) is 16.6 Å². The van der Waals surface area contributed by atoms with Gasteiger partial charge in [-0.1, -0.05) is 56.6 Å². The fourth-order valence-corrected chi connectivity index (χ4v) is 6.87. The molecule has 0 unspecified atom stereocenters. The fraction of sp³-hybridized carbons (Fsp3) is 0.389. The maximum Gasteiger partial charge on any atom is 0.320 e. The second-order valence-corrected chi connectivity index (χ2v) is 14.1. The van der Waals surface area contributed by atoms with Crippen LogP contribution in [-0.2, 0) is 12.0 Å². The van der Waals surface area contributed by atoms with Crippen molar-refractivity contribution < 1.29 is 14.6 Å². The number of hydrogen-bond acceptors (Lipinski definition) is 7. The van der Waals surface area contributed by atoms with E-state index in [4.69, 9.17) is 21.4 Å². The standard InChI is InChI=1S/C36H41ClN8O3/c1-36(2,3)31-20-33(45(42-31)25-18-23(22-46)17-24(37)19-25)39-34(47)38-29-12-13-30(28-10-6-5-9-27(28)29)48-26-11-14-32-40-41-35(44(32)21-26)43-15-7-4-8-16-43/h5-6,9-11,14,17-21,29-30,46H,4,7-8,12-13,15-16,22H2,1-3H3,(H2,38,39,47)/t29-,30+/m0/s1. The van der Waals surface area contributed by atoms with Gasteiger partial charge in [-0.05, 0) is 79.1 Å². The number of carbonyl (C=O) groups is 1. The number of pyridine rings is 1. The minimum absolute atomic E-state index is 0.162. The Morgan fingerprint density at radius 1 is 1.00 bits per heavy atom. The highest BCUT2D eigenvalue weighted by molar-refractivity contribution is 6.30. The topological polar surface area (TPSA) is 122 Å². The van der Waals surface area contributed by atoms with Crippen molar-refractivity contribution in [3.63, 3.8) is 0 Å². The normalized spacial score (nSPS) is 18.1. The van der Waals surface area contributed by atoms with Gasteiger partial charge in [-0.3, -0.25) is 9.72 Å². The molecular weight excluding hydrogens is 628 g/mol. The number of halogens is 1. The second kappa shape index (κ2) is 13.1. The number of ether oxygens (including phenoxy) is 1. The van der Waals surface area contributed by atoms with Crippen LogP contribution in [0.15, 0.2) is 66.9 Å². The van der Waals surface area contributed by atoms with E-state index in [0.29, 0.717) is 28.5 Å². The van der Waals surface area contributed by atoms with Crippen LogP contribution in [0.5, 0.6) is 5.75 Å². The average Bonchev–Trinajstić information content (AvgIpc) is 3.70. The molecular formula is C36H41ClN8O3. The third-order valence-electron chi connectivity index (χ3n) is 9.10. The Morgan fingerprint density at radius 3 is 2.56 bits per heavy atom. The van der Waals surface area contributed by atoms with Crippen molar-refractivity contribution in [3.05, 3.63) is 94.3 Å². The summed E-state index contributed by atoms with van der Waals surface area (Å²) in [6.07, 6.45) is 6.80. The van der Waals surface area contributed by atoms with Gasteiger partial charge in [0.15, 0.2) is 5.65 Å². The van der Waals surface area contributed by atoms with Gasteiger partial charge in [-0.15, -0.1) is 10.2 Å². The number of nitrogens with zero attached hydrogens (tertiary/aromatic N) is 6. The summed E-state index contributed by atoms with van der Waals surface area (Å²) < 4.78 is 10.3. The van der Waals surface area contributed by atoms with Crippen molar-refractivity contribution in [2.75, 3.05) is 23.3 Å². The van der Waals surface area contributed by atoms with Gasteiger partial charge in [-0.25, -0.2) is 9.48 Å². The van der Waals surface area contributed by atoms with Crippen LogP contribution < -0.4 is 20.3 Å². The van der Waals surface area contributed by atoms with E-state index < -0.39 is 0 Å². The van der Waals surface area contributed by atoms with Crippen molar-refractivity contribution in [1.29, 1.82) is 0 Å². The van der Waals surface area contributed by atoms with Gasteiger partial charge in [0.05, 0.1) is 30.2 Å². The first-order valence-corrected chi connectivity index (χ1v) is 17.0. The van der Waals surface area contributed by atoms with Gasteiger partial charge < -0.3 is 20.1 Å². The molecule has 1 fully saturated rings. The van der Waals surface area contributed by atoms with Crippen LogP contribution >= 0.6 is 11.6 Å². The van der Waals surface area contributed by atoms with Crippen molar-refractivity contribution in [3.8, 4) is 11.4 Å². The summed E-state index contributed by atoms with van der Waals surface area (Å²) in [7, 11) is 0. The second-order valence-electron chi connectivity index (χ2n) is 13.7. The molecule has 250 valence electrons. The first-order chi connectivity index (χ1) is 23.2. The van der Waals surface area contributed by atoms with Crippen LogP contribution in [0.3, 0.4) is 0 Å². The van der Waals surface area contributed by atoms with E-state index >= 15 is 0 Å². The van der Waals surface area contributed by atoms with E-state index in [-0.39, 0.29) is 30.2 Å². The van der Waals surface area contributed by atoms with E-state index in [1.165, 1.54) is 6.42 Å². The smallest absolute Gasteiger partial charge is 0.320 e. The summed E-state index contributed by atoms with van der Waals surface area (Å²) in [6.45, 7) is 8.00. The Balaban J connectivity index is 1.10. The van der Waals surface area contributed by atoms with Crippen LogP contribution in [0.2, 0.25) is 5.02 Å². The van der Waals surface area contributed by atoms with Crippen molar-refractivity contribution in [2.45, 2.75) is 77.0 Å². The lowest BCUT2D eigenvalue weighted by molar-refractivity contribution is 0.171. The minimum atomic E-state index is -0.344. The SMILES string of the molecule is CC(C)(C)c1cc(NC(=O)N[C@H]2CC[C@@H](Oc3ccc4nnc(N5CCCCC5)n4c3)c3ccccc32)n(-c2cc(Cl)cc(CO)c2)n1. The number of piperidine rings is 1. The third-order valence-corrected chi connectivity index (χ3v) is 9.32. The fourth-order valence-electron chi connectivity index (χ4n) is 6.62. The number of anilines is 2. The van der Waals surface area contributed by atoms with Crippen molar-refractivity contribution >= 4 is 35.0 Å². The number of aliphatic hydroxyl groups excluding tert-OH is 1. The number of carbonyl (C=O) groups excluding carboxylic acids is 1. The largest absolute Gasteiger partial charge is 0.484 e. The molecule has 2 aromatic carbocycles. The summed E-state index contributed by atoms with van der Waals surface area (Å²) in [5.74, 6) is 2.11. The quantitative estimate of drug-likeness (QED) is 0.169. The number of amides is 2. The molecule has 0 saturated carbocycles. The van der Waals surface area contributed by atoms with E-state index in [1.54, 1.807) is 16.8 Å². The molecule has 0 spiro atoms. The molecule has 5 aromatic rings. The number of rotatable bonds is 7. The Labute approximate surface area is 284 Å². The van der Waals surface area contributed by atoms with E-state index in [9.17, 15) is 9.90 Å². The lowest BCUT2D eigenvalue weighted by Crippen LogP contribution is -2.36. The molecule has 12 heteroatoms. The monoisotopic (exact) mass is 668 g/mol. The van der Waals surface area contributed by atoms with E-state index in [1.807, 2.05) is 47.0 Å². The predicted octanol–water partition coefficient (Wildman–Crippen LogP) is 7.13. The summed E-state index contributed by atoms with van der Waals surface area (Å²) in [5.41, 5.74) is 4.70. The van der Waals surface area contributed by atoms with Gasteiger partial charge in [0.25, 0.3) is 0 Å². The van der Waals surface area contributed by atoms with Crippen LogP contribution in [0.1, 0.15) is 87.4 Å². The van der Waals surface area contributed by atoms with Gasteiger partial charge in [0, 0.05) is 29.6 Å². The van der Waals surface area contributed by atoms with Crippen LogP contribution in [0, 0.1) is 0 Å². The van der Waals surface area contributed by atoms with Gasteiger partial charge in [-0.2, -0.15) is 5.10 Å². The van der Waals surface area contributed by atoms with E-state index in [0.717, 1.165) is 66.5 Å². The summed E-state index contributed by atoms with van der Waals surface area (Å²) in [6, 6.07) is 18.6.